The molecule has 1 N–H and O–H groups in total. The lowest BCUT2D eigenvalue weighted by Crippen LogP contribution is -2.63. The Morgan fingerprint density at radius 3 is 2.55 bits per heavy atom. The smallest absolute Gasteiger partial charge is 0.245 e. The van der Waals surface area contributed by atoms with Crippen molar-refractivity contribution in [3.05, 3.63) is 0 Å². The van der Waals surface area contributed by atoms with Gasteiger partial charge in [-0.15, -0.1) is 0 Å². The highest BCUT2D eigenvalue weighted by atomic mass is 16.5. The number of hydrogen-bond donors (Lipinski definition) is 1. The summed E-state index contributed by atoms with van der Waals surface area (Å²) in [7, 11) is 0. The summed E-state index contributed by atoms with van der Waals surface area (Å²) in [5.41, 5.74) is 0. The molecular weight excluding hydrogens is 256 g/mol. The summed E-state index contributed by atoms with van der Waals surface area (Å²) in [6.45, 7) is 7.42. The molecule has 2 saturated heterocycles. The van der Waals surface area contributed by atoms with Gasteiger partial charge in [0, 0.05) is 19.1 Å². The van der Waals surface area contributed by atoms with Gasteiger partial charge in [0.25, 0.3) is 0 Å². The number of piperazine rings is 1. The van der Waals surface area contributed by atoms with Crippen LogP contribution in [0.15, 0.2) is 0 Å². The molecule has 114 valence electrons. The van der Waals surface area contributed by atoms with Crippen LogP contribution in [0.4, 0.5) is 0 Å². The molecule has 0 spiro atoms. The third-order valence-electron chi connectivity index (χ3n) is 4.55. The molecule has 0 aromatic heterocycles. The molecule has 0 bridgehead atoms. The normalized spacial score (nSPS) is 34.5. The van der Waals surface area contributed by atoms with Gasteiger partial charge in [-0.3, -0.25) is 9.59 Å². The average Bonchev–Trinajstić information content (AvgIpc) is 2.90. The van der Waals surface area contributed by atoms with E-state index in [0.717, 1.165) is 19.4 Å². The number of ether oxygens (including phenoxy) is 1. The topological polar surface area (TPSA) is 58.6 Å². The molecule has 20 heavy (non-hydrogen) atoms. The van der Waals surface area contributed by atoms with Crippen molar-refractivity contribution in [2.75, 3.05) is 13.2 Å². The van der Waals surface area contributed by atoms with Crippen LogP contribution in [-0.4, -0.2) is 48.1 Å². The molecule has 0 aliphatic carbocycles. The number of nitrogens with one attached hydrogen (secondary N) is 1. The molecule has 2 aliphatic heterocycles. The van der Waals surface area contributed by atoms with E-state index >= 15 is 0 Å². The number of rotatable bonds is 5. The van der Waals surface area contributed by atoms with Crippen molar-refractivity contribution in [1.29, 1.82) is 0 Å². The highest BCUT2D eigenvalue weighted by Gasteiger charge is 2.41. The van der Waals surface area contributed by atoms with Gasteiger partial charge in [-0.05, 0) is 25.7 Å². The van der Waals surface area contributed by atoms with Gasteiger partial charge in [-0.1, -0.05) is 20.8 Å². The average molecular weight is 282 g/mol. The first-order chi connectivity index (χ1) is 9.62. The fourth-order valence-electron chi connectivity index (χ4n) is 3.33. The van der Waals surface area contributed by atoms with Gasteiger partial charge < -0.3 is 15.0 Å². The first-order valence-electron chi connectivity index (χ1n) is 7.84. The molecule has 0 radical (unpaired) electrons. The SMILES string of the molecule is CCC1NC(=O)C(CC)N(CC2CCOC2CC)C1=O. The number of nitrogens with zero attached hydrogens (tertiary/aromatic N) is 1. The number of hydrogen-bond acceptors (Lipinski definition) is 3. The van der Waals surface area contributed by atoms with Gasteiger partial charge in [0.2, 0.25) is 11.8 Å². The van der Waals surface area contributed by atoms with E-state index in [1.807, 2.05) is 13.8 Å². The Hall–Kier alpha value is -1.10. The standard InChI is InChI=1S/C15H26N2O3/c1-4-11-15(19)17(12(5-2)14(18)16-11)9-10-7-8-20-13(10)6-3/h10-13H,4-9H2,1-3H3,(H,16,18). The first kappa shape index (κ1) is 15.3. The van der Waals surface area contributed by atoms with Crippen molar-refractivity contribution < 1.29 is 14.3 Å². The van der Waals surface area contributed by atoms with E-state index in [0.29, 0.717) is 25.3 Å². The molecule has 0 aromatic carbocycles. The van der Waals surface area contributed by atoms with Gasteiger partial charge in [-0.2, -0.15) is 0 Å². The maximum Gasteiger partial charge on any atom is 0.245 e. The summed E-state index contributed by atoms with van der Waals surface area (Å²) in [6, 6.07) is -0.670. The van der Waals surface area contributed by atoms with Crippen LogP contribution in [0.5, 0.6) is 0 Å². The second-order valence-electron chi connectivity index (χ2n) is 5.75. The van der Waals surface area contributed by atoms with E-state index in [4.69, 9.17) is 4.74 Å². The third-order valence-corrected chi connectivity index (χ3v) is 4.55. The van der Waals surface area contributed by atoms with Crippen LogP contribution in [0.1, 0.15) is 46.5 Å². The summed E-state index contributed by atoms with van der Waals surface area (Å²) >= 11 is 0. The summed E-state index contributed by atoms with van der Waals surface area (Å²) in [5, 5.41) is 2.84. The molecule has 2 aliphatic rings. The molecule has 0 saturated carbocycles. The van der Waals surface area contributed by atoms with Crippen LogP contribution in [0, 0.1) is 5.92 Å². The van der Waals surface area contributed by atoms with E-state index in [-0.39, 0.29) is 30.0 Å². The summed E-state index contributed by atoms with van der Waals surface area (Å²) in [4.78, 5) is 26.5. The molecule has 5 heteroatoms. The van der Waals surface area contributed by atoms with Crippen molar-refractivity contribution >= 4 is 11.8 Å². The maximum absolute atomic E-state index is 12.5. The van der Waals surface area contributed by atoms with Crippen LogP contribution in [0.25, 0.3) is 0 Å². The lowest BCUT2D eigenvalue weighted by molar-refractivity contribution is -0.150. The van der Waals surface area contributed by atoms with Crippen molar-refractivity contribution in [3.63, 3.8) is 0 Å². The van der Waals surface area contributed by atoms with Crippen LogP contribution >= 0.6 is 0 Å². The van der Waals surface area contributed by atoms with Gasteiger partial charge in [0.1, 0.15) is 12.1 Å². The van der Waals surface area contributed by atoms with Gasteiger partial charge in [0.15, 0.2) is 0 Å². The molecular formula is C15H26N2O3. The second-order valence-corrected chi connectivity index (χ2v) is 5.75. The Bertz CT molecular complexity index is 372. The highest BCUT2D eigenvalue weighted by Crippen LogP contribution is 2.27. The Labute approximate surface area is 121 Å². The Morgan fingerprint density at radius 1 is 1.20 bits per heavy atom. The van der Waals surface area contributed by atoms with Crippen molar-refractivity contribution in [1.82, 2.24) is 10.2 Å². The molecule has 2 amide bonds. The zero-order valence-corrected chi connectivity index (χ0v) is 12.7. The van der Waals surface area contributed by atoms with E-state index in [1.165, 1.54) is 0 Å². The largest absolute Gasteiger partial charge is 0.378 e. The predicted molar refractivity (Wildman–Crippen MR) is 76.2 cm³/mol. The van der Waals surface area contributed by atoms with Gasteiger partial charge in [0.05, 0.1) is 6.10 Å². The fraction of sp³-hybridized carbons (Fsp3) is 0.867. The Morgan fingerprint density at radius 2 is 1.95 bits per heavy atom. The van der Waals surface area contributed by atoms with Crippen molar-refractivity contribution in [3.8, 4) is 0 Å². The highest BCUT2D eigenvalue weighted by molar-refractivity contribution is 5.96. The monoisotopic (exact) mass is 282 g/mol. The quantitative estimate of drug-likeness (QED) is 0.827. The second kappa shape index (κ2) is 6.57. The van der Waals surface area contributed by atoms with Crippen molar-refractivity contribution in [2.45, 2.75) is 64.6 Å². The van der Waals surface area contributed by atoms with Crippen molar-refractivity contribution in [2.24, 2.45) is 5.92 Å². The minimum Gasteiger partial charge on any atom is -0.378 e. The zero-order valence-electron chi connectivity index (χ0n) is 12.7. The summed E-state index contributed by atoms with van der Waals surface area (Å²) in [6.07, 6.45) is 3.49. The molecule has 2 fully saturated rings. The minimum atomic E-state index is -0.354. The number of amides is 2. The zero-order chi connectivity index (χ0) is 14.7. The van der Waals surface area contributed by atoms with E-state index in [2.05, 4.69) is 12.2 Å². The Kier molecular flexibility index (Phi) is 5.02. The predicted octanol–water partition coefficient (Wildman–Crippen LogP) is 1.32. The minimum absolute atomic E-state index is 0.00841. The first-order valence-corrected chi connectivity index (χ1v) is 7.84. The lowest BCUT2D eigenvalue weighted by Gasteiger charge is -2.40. The molecule has 0 aromatic rings. The fourth-order valence-corrected chi connectivity index (χ4v) is 3.33. The van der Waals surface area contributed by atoms with Crippen LogP contribution < -0.4 is 5.32 Å². The summed E-state index contributed by atoms with van der Waals surface area (Å²) < 4.78 is 5.70. The van der Waals surface area contributed by atoms with Gasteiger partial charge >= 0.3 is 0 Å². The molecule has 5 nitrogen and oxygen atoms in total. The third kappa shape index (κ3) is 2.82. The van der Waals surface area contributed by atoms with E-state index in [1.54, 1.807) is 4.90 Å². The maximum atomic E-state index is 12.5. The van der Waals surface area contributed by atoms with Gasteiger partial charge in [-0.25, -0.2) is 0 Å². The molecule has 4 unspecified atom stereocenters. The number of carbonyl (C=O) groups excluding carboxylic acids is 2. The van der Waals surface area contributed by atoms with Crippen LogP contribution in [-0.2, 0) is 14.3 Å². The number of carbonyl (C=O) groups is 2. The molecule has 2 heterocycles. The van der Waals surface area contributed by atoms with E-state index < -0.39 is 0 Å². The Balaban J connectivity index is 2.12. The molecule has 4 atom stereocenters. The molecule has 2 rings (SSSR count). The summed E-state index contributed by atoms with van der Waals surface area (Å²) in [5.74, 6) is 0.424. The van der Waals surface area contributed by atoms with Crippen LogP contribution in [0.3, 0.4) is 0 Å². The van der Waals surface area contributed by atoms with Crippen LogP contribution in [0.2, 0.25) is 0 Å². The van der Waals surface area contributed by atoms with E-state index in [9.17, 15) is 9.59 Å². The lowest BCUT2D eigenvalue weighted by atomic mass is 9.95.